The molecule has 3 unspecified atom stereocenters. The van der Waals surface area contributed by atoms with Crippen LogP contribution in [0.1, 0.15) is 47.0 Å². The summed E-state index contributed by atoms with van der Waals surface area (Å²) in [5.74, 6) is 1.46. The van der Waals surface area contributed by atoms with E-state index in [4.69, 9.17) is 0 Å². The molecule has 3 atom stereocenters. The molecule has 2 nitrogen and oxygen atoms in total. The van der Waals surface area contributed by atoms with E-state index in [1.165, 1.54) is 6.42 Å². The summed E-state index contributed by atoms with van der Waals surface area (Å²) in [7, 11) is 0. The van der Waals surface area contributed by atoms with Crippen molar-refractivity contribution < 1.29 is 5.11 Å². The summed E-state index contributed by atoms with van der Waals surface area (Å²) in [4.78, 5) is 0. The normalized spacial score (nSPS) is 34.1. The van der Waals surface area contributed by atoms with Crippen LogP contribution in [-0.2, 0) is 0 Å². The SMILES string of the molecule is CC(C)NC1CC(O)CCC1C(C)C. The first-order valence-corrected chi connectivity index (χ1v) is 5.94. The predicted molar refractivity (Wildman–Crippen MR) is 60.2 cm³/mol. The van der Waals surface area contributed by atoms with Crippen LogP contribution in [0.4, 0.5) is 0 Å². The molecule has 0 saturated heterocycles. The lowest BCUT2D eigenvalue weighted by Crippen LogP contribution is -2.47. The van der Waals surface area contributed by atoms with E-state index in [1.807, 2.05) is 0 Å². The van der Waals surface area contributed by atoms with Crippen molar-refractivity contribution in [3.63, 3.8) is 0 Å². The Morgan fingerprint density at radius 1 is 1.14 bits per heavy atom. The van der Waals surface area contributed by atoms with Gasteiger partial charge in [-0.25, -0.2) is 0 Å². The van der Waals surface area contributed by atoms with Crippen LogP contribution in [0.2, 0.25) is 0 Å². The average molecular weight is 199 g/mol. The predicted octanol–water partition coefficient (Wildman–Crippen LogP) is 2.17. The first-order chi connectivity index (χ1) is 6.50. The third-order valence-corrected chi connectivity index (χ3v) is 3.28. The fourth-order valence-electron chi connectivity index (χ4n) is 2.59. The standard InChI is InChI=1S/C12H25NO/c1-8(2)11-6-5-10(14)7-12(11)13-9(3)4/h8-14H,5-7H2,1-4H3. The largest absolute Gasteiger partial charge is 0.393 e. The molecule has 1 fully saturated rings. The van der Waals surface area contributed by atoms with Gasteiger partial charge in [-0.3, -0.25) is 0 Å². The Bertz CT molecular complexity index is 166. The van der Waals surface area contributed by atoms with Crippen molar-refractivity contribution in [1.82, 2.24) is 5.32 Å². The fraction of sp³-hybridized carbons (Fsp3) is 1.00. The number of aliphatic hydroxyl groups is 1. The Labute approximate surface area is 88.1 Å². The van der Waals surface area contributed by atoms with Crippen LogP contribution in [0.5, 0.6) is 0 Å². The summed E-state index contributed by atoms with van der Waals surface area (Å²) < 4.78 is 0. The van der Waals surface area contributed by atoms with Crippen molar-refractivity contribution in [2.75, 3.05) is 0 Å². The molecule has 0 aromatic rings. The molecule has 1 rings (SSSR count). The van der Waals surface area contributed by atoms with Gasteiger partial charge in [-0.05, 0) is 31.1 Å². The Kier molecular flexibility index (Phi) is 4.39. The van der Waals surface area contributed by atoms with Gasteiger partial charge in [-0.2, -0.15) is 0 Å². The molecule has 0 bridgehead atoms. The van der Waals surface area contributed by atoms with Crippen LogP contribution in [0.3, 0.4) is 0 Å². The third-order valence-electron chi connectivity index (χ3n) is 3.28. The lowest BCUT2D eigenvalue weighted by molar-refractivity contribution is 0.0664. The van der Waals surface area contributed by atoms with Crippen molar-refractivity contribution in [3.8, 4) is 0 Å². The molecule has 0 spiro atoms. The molecule has 2 N–H and O–H groups in total. The van der Waals surface area contributed by atoms with E-state index in [1.54, 1.807) is 0 Å². The zero-order valence-corrected chi connectivity index (χ0v) is 9.96. The molecule has 1 aliphatic rings. The minimum absolute atomic E-state index is 0.0822. The Morgan fingerprint density at radius 3 is 2.29 bits per heavy atom. The van der Waals surface area contributed by atoms with Gasteiger partial charge in [0.1, 0.15) is 0 Å². The van der Waals surface area contributed by atoms with E-state index >= 15 is 0 Å². The second-order valence-corrected chi connectivity index (χ2v) is 5.30. The molecule has 84 valence electrons. The minimum Gasteiger partial charge on any atom is -0.393 e. The van der Waals surface area contributed by atoms with Crippen LogP contribution in [-0.4, -0.2) is 23.3 Å². The lowest BCUT2D eigenvalue weighted by atomic mass is 9.76. The molecule has 0 aromatic carbocycles. The van der Waals surface area contributed by atoms with Crippen molar-refractivity contribution >= 4 is 0 Å². The topological polar surface area (TPSA) is 32.3 Å². The van der Waals surface area contributed by atoms with E-state index < -0.39 is 0 Å². The highest BCUT2D eigenvalue weighted by molar-refractivity contribution is 4.87. The summed E-state index contributed by atoms with van der Waals surface area (Å²) in [5.41, 5.74) is 0. The van der Waals surface area contributed by atoms with Gasteiger partial charge in [0.2, 0.25) is 0 Å². The first-order valence-electron chi connectivity index (χ1n) is 5.94. The average Bonchev–Trinajstić information content (AvgIpc) is 2.01. The molecule has 0 heterocycles. The van der Waals surface area contributed by atoms with Gasteiger partial charge in [0.15, 0.2) is 0 Å². The third kappa shape index (κ3) is 3.25. The highest BCUT2D eigenvalue weighted by Gasteiger charge is 2.31. The second kappa shape index (κ2) is 5.13. The number of rotatable bonds is 3. The van der Waals surface area contributed by atoms with E-state index in [-0.39, 0.29) is 6.10 Å². The molecule has 0 aromatic heterocycles. The molecular formula is C12H25NO. The molecule has 1 aliphatic carbocycles. The first kappa shape index (κ1) is 12.0. The Balaban J connectivity index is 2.54. The quantitative estimate of drug-likeness (QED) is 0.730. The van der Waals surface area contributed by atoms with Crippen LogP contribution in [0.25, 0.3) is 0 Å². The monoisotopic (exact) mass is 199 g/mol. The maximum Gasteiger partial charge on any atom is 0.0555 e. The van der Waals surface area contributed by atoms with Crippen molar-refractivity contribution in [2.24, 2.45) is 11.8 Å². The van der Waals surface area contributed by atoms with Gasteiger partial charge in [0.25, 0.3) is 0 Å². The number of nitrogens with one attached hydrogen (secondary N) is 1. The Morgan fingerprint density at radius 2 is 1.79 bits per heavy atom. The summed E-state index contributed by atoms with van der Waals surface area (Å²) in [6.07, 6.45) is 3.00. The minimum atomic E-state index is -0.0822. The van der Waals surface area contributed by atoms with Crippen molar-refractivity contribution in [3.05, 3.63) is 0 Å². The molecular weight excluding hydrogens is 174 g/mol. The lowest BCUT2D eigenvalue weighted by Gasteiger charge is -2.38. The molecule has 1 saturated carbocycles. The maximum absolute atomic E-state index is 9.65. The molecule has 0 radical (unpaired) electrons. The van der Waals surface area contributed by atoms with Gasteiger partial charge in [-0.15, -0.1) is 0 Å². The van der Waals surface area contributed by atoms with Crippen LogP contribution in [0.15, 0.2) is 0 Å². The zero-order chi connectivity index (χ0) is 10.7. The molecule has 0 amide bonds. The van der Waals surface area contributed by atoms with E-state index in [9.17, 15) is 5.11 Å². The van der Waals surface area contributed by atoms with Gasteiger partial charge in [0, 0.05) is 12.1 Å². The summed E-state index contributed by atoms with van der Waals surface area (Å²) in [5, 5.41) is 13.2. The van der Waals surface area contributed by atoms with Crippen molar-refractivity contribution in [1.29, 1.82) is 0 Å². The molecule has 0 aliphatic heterocycles. The fourth-order valence-corrected chi connectivity index (χ4v) is 2.59. The van der Waals surface area contributed by atoms with Gasteiger partial charge >= 0.3 is 0 Å². The molecule has 2 heteroatoms. The van der Waals surface area contributed by atoms with Crippen molar-refractivity contribution in [2.45, 2.75) is 65.1 Å². The number of hydrogen-bond acceptors (Lipinski definition) is 2. The van der Waals surface area contributed by atoms with E-state index in [0.29, 0.717) is 12.1 Å². The number of aliphatic hydroxyl groups excluding tert-OH is 1. The van der Waals surface area contributed by atoms with E-state index in [0.717, 1.165) is 24.7 Å². The summed E-state index contributed by atoms with van der Waals surface area (Å²) in [6, 6.07) is 1.03. The highest BCUT2D eigenvalue weighted by Crippen LogP contribution is 2.30. The maximum atomic E-state index is 9.65. The van der Waals surface area contributed by atoms with Gasteiger partial charge < -0.3 is 10.4 Å². The second-order valence-electron chi connectivity index (χ2n) is 5.30. The van der Waals surface area contributed by atoms with E-state index in [2.05, 4.69) is 33.0 Å². The smallest absolute Gasteiger partial charge is 0.0555 e. The van der Waals surface area contributed by atoms with Gasteiger partial charge in [0.05, 0.1) is 6.10 Å². The van der Waals surface area contributed by atoms with Crippen LogP contribution >= 0.6 is 0 Å². The highest BCUT2D eigenvalue weighted by atomic mass is 16.3. The zero-order valence-electron chi connectivity index (χ0n) is 9.96. The Hall–Kier alpha value is -0.0800. The summed E-state index contributed by atoms with van der Waals surface area (Å²) in [6.45, 7) is 8.94. The summed E-state index contributed by atoms with van der Waals surface area (Å²) >= 11 is 0. The van der Waals surface area contributed by atoms with Gasteiger partial charge in [-0.1, -0.05) is 27.7 Å². The number of hydrogen-bond donors (Lipinski definition) is 2. The van der Waals surface area contributed by atoms with Crippen LogP contribution in [0, 0.1) is 11.8 Å². The van der Waals surface area contributed by atoms with Crippen LogP contribution < -0.4 is 5.32 Å². The molecule has 14 heavy (non-hydrogen) atoms.